The number of carbonyl (C=O) groups excluding carboxylic acids is 3. The van der Waals surface area contributed by atoms with Gasteiger partial charge in [0.1, 0.15) is 23.4 Å². The van der Waals surface area contributed by atoms with Gasteiger partial charge in [0.2, 0.25) is 17.7 Å². The Bertz CT molecular complexity index is 860. The summed E-state index contributed by atoms with van der Waals surface area (Å²) in [6.45, 7) is 9.76. The monoisotopic (exact) mass is 458 g/mol. The van der Waals surface area contributed by atoms with Crippen LogP contribution in [0.15, 0.2) is 36.1 Å². The van der Waals surface area contributed by atoms with Crippen LogP contribution < -0.4 is 16.8 Å². The number of primary amides is 1. The zero-order chi connectivity index (χ0) is 24.3. The predicted molar refractivity (Wildman–Crippen MR) is 126 cm³/mol. The topological polar surface area (TPSA) is 128 Å². The van der Waals surface area contributed by atoms with Gasteiger partial charge in [0, 0.05) is 12.3 Å². The summed E-state index contributed by atoms with van der Waals surface area (Å²) in [7, 11) is 0. The summed E-state index contributed by atoms with van der Waals surface area (Å²) in [5.41, 5.74) is 11.8. The molecule has 2 aliphatic carbocycles. The van der Waals surface area contributed by atoms with E-state index in [1.165, 1.54) is 0 Å². The standard InChI is InChI=1S/C25H38N4O4/c1-5-15(4)20(7-3)33-18-12-19(22(30)28-25(24(27)32)13-17(25)6-2)29(14-18)23(31)21(26)16-10-8-9-11-16/h5-7,16-19,21H,2,8-14,26H2,1,3-4H3,(H2,27,32)(H,28,30)/b15-5+,20-7+/t17-,18-,19+,21+,25-/m1/s1. The highest BCUT2D eigenvalue weighted by Crippen LogP contribution is 2.44. The van der Waals surface area contributed by atoms with Crippen molar-refractivity contribution in [2.45, 2.75) is 83.0 Å². The quantitative estimate of drug-likeness (QED) is 0.276. The minimum Gasteiger partial charge on any atom is -0.489 e. The first kappa shape index (κ1) is 25.0. The fraction of sp³-hybridized carbons (Fsp3) is 0.640. The largest absolute Gasteiger partial charge is 0.489 e. The first-order chi connectivity index (χ1) is 15.7. The van der Waals surface area contributed by atoms with Gasteiger partial charge in [-0.25, -0.2) is 0 Å². The van der Waals surface area contributed by atoms with E-state index in [4.69, 9.17) is 16.2 Å². The molecule has 0 radical (unpaired) electrons. The smallest absolute Gasteiger partial charge is 0.243 e. The molecule has 2 saturated carbocycles. The van der Waals surface area contributed by atoms with Crippen LogP contribution in [-0.4, -0.2) is 52.9 Å². The minimum absolute atomic E-state index is 0.128. The van der Waals surface area contributed by atoms with Crippen LogP contribution in [0.4, 0.5) is 0 Å². The van der Waals surface area contributed by atoms with Crippen molar-refractivity contribution in [3.63, 3.8) is 0 Å². The van der Waals surface area contributed by atoms with E-state index >= 15 is 0 Å². The molecule has 182 valence electrons. The van der Waals surface area contributed by atoms with Crippen LogP contribution in [0.2, 0.25) is 0 Å². The van der Waals surface area contributed by atoms with Crippen molar-refractivity contribution < 1.29 is 19.1 Å². The molecule has 0 spiro atoms. The molecule has 3 fully saturated rings. The molecule has 5 atom stereocenters. The van der Waals surface area contributed by atoms with Crippen LogP contribution in [0.1, 0.15) is 59.3 Å². The summed E-state index contributed by atoms with van der Waals surface area (Å²) in [6.07, 6.45) is 9.81. The lowest BCUT2D eigenvalue weighted by molar-refractivity contribution is -0.141. The second kappa shape index (κ2) is 10.1. The van der Waals surface area contributed by atoms with Crippen molar-refractivity contribution >= 4 is 17.7 Å². The highest BCUT2D eigenvalue weighted by Gasteiger charge is 2.60. The van der Waals surface area contributed by atoms with Crippen molar-refractivity contribution in [2.75, 3.05) is 6.54 Å². The number of likely N-dealkylation sites (tertiary alicyclic amines) is 1. The average molecular weight is 459 g/mol. The maximum absolute atomic E-state index is 13.4. The number of rotatable bonds is 9. The van der Waals surface area contributed by atoms with Gasteiger partial charge in [0.25, 0.3) is 0 Å². The van der Waals surface area contributed by atoms with E-state index in [1.54, 1.807) is 11.0 Å². The summed E-state index contributed by atoms with van der Waals surface area (Å²) in [6, 6.07) is -1.42. The van der Waals surface area contributed by atoms with Gasteiger partial charge in [0.15, 0.2) is 0 Å². The maximum Gasteiger partial charge on any atom is 0.243 e. The summed E-state index contributed by atoms with van der Waals surface area (Å²) >= 11 is 0. The fourth-order valence-corrected chi connectivity index (χ4v) is 5.16. The van der Waals surface area contributed by atoms with Crippen molar-refractivity contribution in [2.24, 2.45) is 23.3 Å². The Balaban J connectivity index is 1.80. The third-order valence-electron chi connectivity index (χ3n) is 7.50. The molecule has 1 heterocycles. The van der Waals surface area contributed by atoms with Crippen molar-refractivity contribution in [1.82, 2.24) is 10.2 Å². The van der Waals surface area contributed by atoms with Crippen molar-refractivity contribution in [1.29, 1.82) is 0 Å². The Morgan fingerprint density at radius 2 is 1.88 bits per heavy atom. The van der Waals surface area contributed by atoms with Crippen LogP contribution in [0.5, 0.6) is 0 Å². The normalized spacial score (nSPS) is 31.3. The minimum atomic E-state index is -1.13. The molecule has 0 aromatic heterocycles. The van der Waals surface area contributed by atoms with E-state index < -0.39 is 29.4 Å². The molecule has 8 nitrogen and oxygen atoms in total. The predicted octanol–water partition coefficient (Wildman–Crippen LogP) is 1.91. The lowest BCUT2D eigenvalue weighted by Crippen LogP contribution is -2.57. The van der Waals surface area contributed by atoms with Gasteiger partial charge >= 0.3 is 0 Å². The molecular weight excluding hydrogens is 420 g/mol. The first-order valence-electron chi connectivity index (χ1n) is 11.9. The summed E-state index contributed by atoms with van der Waals surface area (Å²) < 4.78 is 6.19. The zero-order valence-corrected chi connectivity index (χ0v) is 20.0. The lowest BCUT2D eigenvalue weighted by Gasteiger charge is -2.29. The van der Waals surface area contributed by atoms with E-state index in [0.717, 1.165) is 37.0 Å². The summed E-state index contributed by atoms with van der Waals surface area (Å²) in [5.74, 6) is -0.582. The van der Waals surface area contributed by atoms with E-state index in [9.17, 15) is 14.4 Å². The van der Waals surface area contributed by atoms with E-state index in [1.807, 2.05) is 32.9 Å². The molecule has 0 unspecified atom stereocenters. The molecule has 0 aromatic carbocycles. The number of ether oxygens (including phenoxy) is 1. The third-order valence-corrected chi connectivity index (χ3v) is 7.50. The average Bonchev–Trinajstić information content (AvgIpc) is 3.14. The number of carbonyl (C=O) groups is 3. The van der Waals surface area contributed by atoms with Crippen LogP contribution >= 0.6 is 0 Å². The van der Waals surface area contributed by atoms with E-state index in [-0.39, 0.29) is 30.4 Å². The Hall–Kier alpha value is -2.61. The summed E-state index contributed by atoms with van der Waals surface area (Å²) in [4.78, 5) is 40.4. The van der Waals surface area contributed by atoms with Crippen LogP contribution in [0.25, 0.3) is 0 Å². The van der Waals surface area contributed by atoms with Crippen molar-refractivity contribution in [3.8, 4) is 0 Å². The number of hydrogen-bond donors (Lipinski definition) is 3. The number of nitrogens with one attached hydrogen (secondary N) is 1. The van der Waals surface area contributed by atoms with Gasteiger partial charge in [-0.3, -0.25) is 14.4 Å². The van der Waals surface area contributed by atoms with E-state index in [0.29, 0.717) is 12.8 Å². The highest BCUT2D eigenvalue weighted by atomic mass is 16.5. The number of amides is 3. The third kappa shape index (κ3) is 5.00. The molecule has 8 heteroatoms. The molecule has 1 aliphatic heterocycles. The molecule has 33 heavy (non-hydrogen) atoms. The Morgan fingerprint density at radius 1 is 1.21 bits per heavy atom. The second-order valence-electron chi connectivity index (χ2n) is 9.55. The second-order valence-corrected chi connectivity index (χ2v) is 9.55. The van der Waals surface area contributed by atoms with Gasteiger partial charge < -0.3 is 26.4 Å². The van der Waals surface area contributed by atoms with Crippen LogP contribution in [0.3, 0.4) is 0 Å². The van der Waals surface area contributed by atoms with E-state index in [2.05, 4.69) is 11.9 Å². The molecule has 1 saturated heterocycles. The fourth-order valence-electron chi connectivity index (χ4n) is 5.16. The van der Waals surface area contributed by atoms with Crippen molar-refractivity contribution in [3.05, 3.63) is 36.1 Å². The number of allylic oxidation sites excluding steroid dienone is 3. The van der Waals surface area contributed by atoms with Crippen LogP contribution in [-0.2, 0) is 19.1 Å². The molecular formula is C25H38N4O4. The zero-order valence-electron chi connectivity index (χ0n) is 20.0. The molecule has 5 N–H and O–H groups in total. The number of hydrogen-bond acceptors (Lipinski definition) is 5. The Morgan fingerprint density at radius 3 is 2.39 bits per heavy atom. The van der Waals surface area contributed by atoms with Gasteiger partial charge in [0.05, 0.1) is 12.6 Å². The van der Waals surface area contributed by atoms with Gasteiger partial charge in [-0.15, -0.1) is 6.58 Å². The maximum atomic E-state index is 13.4. The molecule has 3 aliphatic rings. The lowest BCUT2D eigenvalue weighted by atomic mass is 9.97. The Labute approximate surface area is 196 Å². The molecule has 3 amide bonds. The van der Waals surface area contributed by atoms with Gasteiger partial charge in [-0.2, -0.15) is 0 Å². The SMILES string of the molecule is C=C[C@@H]1C[C@]1(NC(=O)[C@@H]1C[C@@H](OC(=C/C)/C(C)=C/C)CN1C(=O)[C@@H](N)C1CCCC1)C(N)=O. The number of nitrogens with two attached hydrogens (primary N) is 2. The summed E-state index contributed by atoms with van der Waals surface area (Å²) in [5, 5.41) is 2.82. The molecule has 0 bridgehead atoms. The van der Waals surface area contributed by atoms with Gasteiger partial charge in [-0.05, 0) is 57.6 Å². The van der Waals surface area contributed by atoms with Crippen LogP contribution in [0, 0.1) is 11.8 Å². The molecule has 0 aromatic rings. The first-order valence-corrected chi connectivity index (χ1v) is 11.9. The van der Waals surface area contributed by atoms with Gasteiger partial charge in [-0.1, -0.05) is 25.0 Å². The molecule has 3 rings (SSSR count). The Kier molecular flexibility index (Phi) is 7.67. The highest BCUT2D eigenvalue weighted by molar-refractivity contribution is 5.97. The number of nitrogens with zero attached hydrogens (tertiary/aromatic N) is 1.